The molecule has 0 bridgehead atoms. The average molecular weight is 413 g/mol. The minimum absolute atomic E-state index is 0.244. The molecule has 0 radical (unpaired) electrons. The Hall–Kier alpha value is -0.960. The predicted octanol–water partition coefficient (Wildman–Crippen LogP) is 8.80. The predicted molar refractivity (Wildman–Crippen MR) is 112 cm³/mol. The molecule has 1 aromatic rings. The monoisotopic (exact) mass is 412 g/mol. The Bertz CT molecular complexity index is 648. The van der Waals surface area contributed by atoms with E-state index in [1.165, 1.54) is 69.8 Å². The number of alkyl halides is 3. The van der Waals surface area contributed by atoms with Crippen LogP contribution in [-0.4, -0.2) is 6.18 Å². The molecule has 2 aliphatic rings. The van der Waals surface area contributed by atoms with E-state index in [2.05, 4.69) is 6.92 Å². The Kier molecular flexibility index (Phi) is 7.53. The largest absolute Gasteiger partial charge is 0.409 e. The Morgan fingerprint density at radius 3 is 2.11 bits per heavy atom. The van der Waals surface area contributed by atoms with Crippen LogP contribution in [0.5, 0.6) is 0 Å². The standard InChI is InChI=1S/C24H32ClF3/c1-2-3-17-4-6-18(7-5-17)19-8-10-20(11-9-19)22-13-12-21(23(25)16-22)14-15-24(26,27)28/h12-20H,2-11H2,1H3/b15-14+. The molecule has 28 heavy (non-hydrogen) atoms. The minimum atomic E-state index is -4.31. The number of allylic oxidation sites excluding steroid dienone is 1. The third kappa shape index (κ3) is 6.02. The second-order valence-corrected chi connectivity index (χ2v) is 9.24. The first kappa shape index (κ1) is 21.7. The highest BCUT2D eigenvalue weighted by Gasteiger charge is 2.31. The molecule has 2 aliphatic carbocycles. The second-order valence-electron chi connectivity index (χ2n) is 8.84. The van der Waals surface area contributed by atoms with Crippen LogP contribution in [0.4, 0.5) is 13.2 Å². The molecule has 0 atom stereocenters. The van der Waals surface area contributed by atoms with E-state index >= 15 is 0 Å². The van der Waals surface area contributed by atoms with Crippen molar-refractivity contribution in [3.05, 3.63) is 40.4 Å². The maximum atomic E-state index is 12.4. The number of benzene rings is 1. The van der Waals surface area contributed by atoms with Gasteiger partial charge in [-0.2, -0.15) is 13.2 Å². The summed E-state index contributed by atoms with van der Waals surface area (Å²) in [4.78, 5) is 0. The van der Waals surface area contributed by atoms with E-state index in [0.29, 0.717) is 16.5 Å². The molecule has 0 aromatic heterocycles. The summed E-state index contributed by atoms with van der Waals surface area (Å²) in [5.41, 5.74) is 1.61. The van der Waals surface area contributed by atoms with Crippen molar-refractivity contribution in [3.63, 3.8) is 0 Å². The summed E-state index contributed by atoms with van der Waals surface area (Å²) in [6.45, 7) is 2.29. The van der Waals surface area contributed by atoms with Gasteiger partial charge in [0, 0.05) is 11.1 Å². The molecule has 0 amide bonds. The van der Waals surface area contributed by atoms with Crippen molar-refractivity contribution in [1.29, 1.82) is 0 Å². The van der Waals surface area contributed by atoms with Gasteiger partial charge < -0.3 is 0 Å². The molecule has 0 spiro atoms. The number of halogens is 4. The van der Waals surface area contributed by atoms with Crippen LogP contribution in [0, 0.1) is 17.8 Å². The third-order valence-electron chi connectivity index (χ3n) is 6.97. The fourth-order valence-corrected chi connectivity index (χ4v) is 5.65. The van der Waals surface area contributed by atoms with Gasteiger partial charge in [0.25, 0.3) is 0 Å². The molecule has 0 saturated heterocycles. The van der Waals surface area contributed by atoms with E-state index in [0.717, 1.165) is 23.8 Å². The van der Waals surface area contributed by atoms with E-state index in [-0.39, 0.29) is 6.08 Å². The normalized spacial score (nSPS) is 29.3. The maximum Gasteiger partial charge on any atom is 0.409 e. The second kappa shape index (κ2) is 9.69. The first-order chi connectivity index (χ1) is 13.4. The Morgan fingerprint density at radius 1 is 0.964 bits per heavy atom. The molecule has 3 rings (SSSR count). The smallest absolute Gasteiger partial charge is 0.167 e. The fourth-order valence-electron chi connectivity index (χ4n) is 5.40. The molecule has 0 aliphatic heterocycles. The lowest BCUT2D eigenvalue weighted by atomic mass is 9.68. The van der Waals surface area contributed by atoms with Crippen molar-refractivity contribution in [2.75, 3.05) is 0 Å². The molecule has 4 heteroatoms. The van der Waals surface area contributed by atoms with Gasteiger partial charge in [0.2, 0.25) is 0 Å². The van der Waals surface area contributed by atoms with Gasteiger partial charge in [0.15, 0.2) is 0 Å². The first-order valence-corrected chi connectivity index (χ1v) is 11.3. The summed E-state index contributed by atoms with van der Waals surface area (Å²) in [5, 5.41) is 0.411. The van der Waals surface area contributed by atoms with Crippen molar-refractivity contribution >= 4 is 17.7 Å². The summed E-state index contributed by atoms with van der Waals surface area (Å²) in [7, 11) is 0. The molecule has 0 heterocycles. The molecule has 0 unspecified atom stereocenters. The quantitative estimate of drug-likeness (QED) is 0.453. The summed E-state index contributed by atoms with van der Waals surface area (Å²) in [6, 6.07) is 5.56. The van der Waals surface area contributed by atoms with Gasteiger partial charge in [-0.25, -0.2) is 0 Å². The van der Waals surface area contributed by atoms with Gasteiger partial charge in [-0.05, 0) is 85.5 Å². The lowest BCUT2D eigenvalue weighted by Crippen LogP contribution is -2.25. The highest BCUT2D eigenvalue weighted by atomic mass is 35.5. The first-order valence-electron chi connectivity index (χ1n) is 10.9. The summed E-state index contributed by atoms with van der Waals surface area (Å²) in [6.07, 6.45) is 10.3. The Morgan fingerprint density at radius 2 is 1.57 bits per heavy atom. The van der Waals surface area contributed by atoms with Crippen molar-refractivity contribution in [1.82, 2.24) is 0 Å². The zero-order chi connectivity index (χ0) is 20.1. The van der Waals surface area contributed by atoms with Gasteiger partial charge >= 0.3 is 6.18 Å². The van der Waals surface area contributed by atoms with E-state index < -0.39 is 6.18 Å². The lowest BCUT2D eigenvalue weighted by molar-refractivity contribution is -0.0790. The number of rotatable bonds is 5. The molecule has 1 aromatic carbocycles. The number of hydrogen-bond donors (Lipinski definition) is 0. The molecule has 0 N–H and O–H groups in total. The van der Waals surface area contributed by atoms with E-state index in [9.17, 15) is 13.2 Å². The van der Waals surface area contributed by atoms with Crippen molar-refractivity contribution in [3.8, 4) is 0 Å². The van der Waals surface area contributed by atoms with Crippen LogP contribution in [0.3, 0.4) is 0 Å². The summed E-state index contributed by atoms with van der Waals surface area (Å²) >= 11 is 6.25. The zero-order valence-corrected chi connectivity index (χ0v) is 17.5. The summed E-state index contributed by atoms with van der Waals surface area (Å²) < 4.78 is 37.1. The topological polar surface area (TPSA) is 0 Å². The molecule has 0 nitrogen and oxygen atoms in total. The highest BCUT2D eigenvalue weighted by Crippen LogP contribution is 2.44. The van der Waals surface area contributed by atoms with Gasteiger partial charge in [-0.1, -0.05) is 56.3 Å². The lowest BCUT2D eigenvalue weighted by Gasteiger charge is -2.38. The van der Waals surface area contributed by atoms with Gasteiger partial charge in [-0.3, -0.25) is 0 Å². The maximum absolute atomic E-state index is 12.4. The minimum Gasteiger partial charge on any atom is -0.167 e. The molecule has 2 saturated carbocycles. The van der Waals surface area contributed by atoms with Crippen LogP contribution in [-0.2, 0) is 0 Å². The zero-order valence-electron chi connectivity index (χ0n) is 16.8. The van der Waals surface area contributed by atoms with Crippen LogP contribution < -0.4 is 0 Å². The van der Waals surface area contributed by atoms with Gasteiger partial charge in [-0.15, -0.1) is 0 Å². The SMILES string of the molecule is CCCC1CCC(C2CCC(c3ccc(/C=C/C(F)(F)F)c(Cl)c3)CC2)CC1. The van der Waals surface area contributed by atoms with Crippen LogP contribution in [0.1, 0.15) is 88.2 Å². The van der Waals surface area contributed by atoms with Gasteiger partial charge in [0.1, 0.15) is 0 Å². The van der Waals surface area contributed by atoms with Gasteiger partial charge in [0.05, 0.1) is 0 Å². The van der Waals surface area contributed by atoms with E-state index in [4.69, 9.17) is 11.6 Å². The molecule has 156 valence electrons. The third-order valence-corrected chi connectivity index (χ3v) is 7.30. The van der Waals surface area contributed by atoms with Crippen LogP contribution in [0.2, 0.25) is 5.02 Å². The molecular weight excluding hydrogens is 381 g/mol. The summed E-state index contributed by atoms with van der Waals surface area (Å²) in [5.74, 6) is 3.23. The van der Waals surface area contributed by atoms with E-state index in [1.54, 1.807) is 6.07 Å². The number of hydrogen-bond acceptors (Lipinski definition) is 0. The molecule has 2 fully saturated rings. The average Bonchev–Trinajstić information content (AvgIpc) is 2.67. The highest BCUT2D eigenvalue weighted by molar-refractivity contribution is 6.32. The fraction of sp³-hybridized carbons (Fsp3) is 0.667. The van der Waals surface area contributed by atoms with Crippen LogP contribution in [0.25, 0.3) is 6.08 Å². The van der Waals surface area contributed by atoms with Crippen molar-refractivity contribution < 1.29 is 13.2 Å². The van der Waals surface area contributed by atoms with Crippen LogP contribution >= 0.6 is 11.6 Å². The van der Waals surface area contributed by atoms with E-state index in [1.807, 2.05) is 12.1 Å². The van der Waals surface area contributed by atoms with Crippen molar-refractivity contribution in [2.45, 2.75) is 83.2 Å². The van der Waals surface area contributed by atoms with Crippen molar-refractivity contribution in [2.24, 2.45) is 17.8 Å². The Balaban J connectivity index is 1.52. The molecular formula is C24H32ClF3. The Labute approximate surface area is 172 Å². The van der Waals surface area contributed by atoms with Crippen LogP contribution in [0.15, 0.2) is 24.3 Å².